The van der Waals surface area contributed by atoms with E-state index in [1.165, 1.54) is 0 Å². The minimum absolute atomic E-state index is 0.254. The molecule has 0 bridgehead atoms. The molecular formula is C8H12O2. The third-order valence-electron chi connectivity index (χ3n) is 1.48. The monoisotopic (exact) mass is 140 g/mol. The van der Waals surface area contributed by atoms with Gasteiger partial charge in [-0.15, -0.1) is 12.3 Å². The van der Waals surface area contributed by atoms with Crippen LogP contribution in [0.1, 0.15) is 26.2 Å². The fourth-order valence-electron chi connectivity index (χ4n) is 0.760. The summed E-state index contributed by atoms with van der Waals surface area (Å²) >= 11 is 0. The third-order valence-corrected chi connectivity index (χ3v) is 1.48. The molecule has 0 aliphatic carbocycles. The molecule has 1 unspecified atom stereocenters. The van der Waals surface area contributed by atoms with Crippen molar-refractivity contribution in [3.05, 3.63) is 0 Å². The number of hydrogen-bond acceptors (Lipinski definition) is 1. The molecule has 0 aromatic rings. The molecule has 0 saturated carbocycles. The Morgan fingerprint density at radius 2 is 2.40 bits per heavy atom. The predicted molar refractivity (Wildman–Crippen MR) is 39.5 cm³/mol. The molecule has 56 valence electrons. The van der Waals surface area contributed by atoms with Crippen molar-refractivity contribution in [2.75, 3.05) is 0 Å². The van der Waals surface area contributed by atoms with Gasteiger partial charge in [0.15, 0.2) is 0 Å². The van der Waals surface area contributed by atoms with Crippen molar-refractivity contribution < 1.29 is 9.90 Å². The van der Waals surface area contributed by atoms with Gasteiger partial charge in [0.1, 0.15) is 0 Å². The van der Waals surface area contributed by atoms with Gasteiger partial charge in [-0.05, 0) is 12.8 Å². The minimum atomic E-state index is -0.738. The van der Waals surface area contributed by atoms with Crippen LogP contribution >= 0.6 is 0 Å². The highest BCUT2D eigenvalue weighted by Gasteiger charge is 2.12. The van der Waals surface area contributed by atoms with Gasteiger partial charge in [0, 0.05) is 6.42 Å². The van der Waals surface area contributed by atoms with E-state index in [4.69, 9.17) is 11.5 Å². The van der Waals surface area contributed by atoms with Crippen molar-refractivity contribution in [1.29, 1.82) is 0 Å². The van der Waals surface area contributed by atoms with Gasteiger partial charge in [-0.1, -0.05) is 6.92 Å². The summed E-state index contributed by atoms with van der Waals surface area (Å²) in [4.78, 5) is 10.4. The van der Waals surface area contributed by atoms with Crippen LogP contribution in [0, 0.1) is 18.3 Å². The number of terminal acetylenes is 1. The van der Waals surface area contributed by atoms with Crippen molar-refractivity contribution in [2.45, 2.75) is 26.2 Å². The Balaban J connectivity index is 3.63. The maximum Gasteiger partial charge on any atom is 0.306 e. The minimum Gasteiger partial charge on any atom is -0.481 e. The summed E-state index contributed by atoms with van der Waals surface area (Å²) in [5.74, 6) is 1.43. The van der Waals surface area contributed by atoms with Crippen LogP contribution in [0.4, 0.5) is 0 Å². The fraction of sp³-hybridized carbons (Fsp3) is 0.625. The van der Waals surface area contributed by atoms with Crippen LogP contribution in [0.5, 0.6) is 0 Å². The number of carbonyl (C=O) groups is 1. The second-order valence-electron chi connectivity index (χ2n) is 2.19. The van der Waals surface area contributed by atoms with E-state index in [9.17, 15) is 4.79 Å². The van der Waals surface area contributed by atoms with Crippen molar-refractivity contribution in [3.63, 3.8) is 0 Å². The highest BCUT2D eigenvalue weighted by atomic mass is 16.4. The standard InChI is InChI=1S/C8H12O2/c1-3-5-6-7(4-2)8(9)10/h1,7H,4-6H2,2H3,(H,9,10). The van der Waals surface area contributed by atoms with E-state index < -0.39 is 5.97 Å². The van der Waals surface area contributed by atoms with E-state index in [1.54, 1.807) is 0 Å². The van der Waals surface area contributed by atoms with Gasteiger partial charge >= 0.3 is 5.97 Å². The topological polar surface area (TPSA) is 37.3 Å². The molecule has 0 amide bonds. The highest BCUT2D eigenvalue weighted by Crippen LogP contribution is 2.09. The van der Waals surface area contributed by atoms with Crippen molar-refractivity contribution in [2.24, 2.45) is 5.92 Å². The van der Waals surface area contributed by atoms with Crippen LogP contribution in [0.3, 0.4) is 0 Å². The summed E-state index contributed by atoms with van der Waals surface area (Å²) in [6.45, 7) is 1.86. The molecule has 0 aliphatic rings. The Morgan fingerprint density at radius 1 is 1.80 bits per heavy atom. The lowest BCUT2D eigenvalue weighted by molar-refractivity contribution is -0.142. The number of carboxylic acids is 1. The van der Waals surface area contributed by atoms with E-state index in [0.29, 0.717) is 19.3 Å². The molecule has 0 aliphatic heterocycles. The van der Waals surface area contributed by atoms with E-state index in [1.807, 2.05) is 6.92 Å². The first-order valence-corrected chi connectivity index (χ1v) is 3.38. The second kappa shape index (κ2) is 4.87. The smallest absolute Gasteiger partial charge is 0.306 e. The molecule has 2 nitrogen and oxygen atoms in total. The summed E-state index contributed by atoms with van der Waals surface area (Å²) in [7, 11) is 0. The lowest BCUT2D eigenvalue weighted by atomic mass is 10.0. The lowest BCUT2D eigenvalue weighted by Gasteiger charge is -2.05. The Labute approximate surface area is 61.2 Å². The summed E-state index contributed by atoms with van der Waals surface area (Å²) in [6, 6.07) is 0. The van der Waals surface area contributed by atoms with Crippen molar-refractivity contribution in [1.82, 2.24) is 0 Å². The first-order valence-electron chi connectivity index (χ1n) is 3.38. The molecule has 0 spiro atoms. The average molecular weight is 140 g/mol. The first kappa shape index (κ1) is 9.03. The van der Waals surface area contributed by atoms with Gasteiger partial charge in [0.05, 0.1) is 5.92 Å². The maximum absolute atomic E-state index is 10.4. The number of hydrogen-bond donors (Lipinski definition) is 1. The van der Waals surface area contributed by atoms with Gasteiger partial charge < -0.3 is 5.11 Å². The van der Waals surface area contributed by atoms with Crippen molar-refractivity contribution in [3.8, 4) is 12.3 Å². The predicted octanol–water partition coefficient (Wildman–Crippen LogP) is 1.51. The van der Waals surface area contributed by atoms with Gasteiger partial charge in [-0.25, -0.2) is 0 Å². The fourth-order valence-corrected chi connectivity index (χ4v) is 0.760. The van der Waals surface area contributed by atoms with Crippen LogP contribution < -0.4 is 0 Å². The molecular weight excluding hydrogens is 128 g/mol. The van der Waals surface area contributed by atoms with Crippen LogP contribution in [0.25, 0.3) is 0 Å². The zero-order valence-electron chi connectivity index (χ0n) is 6.13. The number of carboxylic acid groups (broad SMARTS) is 1. The molecule has 0 heterocycles. The van der Waals surface area contributed by atoms with E-state index in [0.717, 1.165) is 0 Å². The molecule has 0 fully saturated rings. The summed E-state index contributed by atoms with van der Waals surface area (Å²) in [6.07, 6.45) is 6.81. The van der Waals surface area contributed by atoms with Gasteiger partial charge in [-0.2, -0.15) is 0 Å². The Hall–Kier alpha value is -0.970. The zero-order chi connectivity index (χ0) is 7.98. The number of aliphatic carboxylic acids is 1. The number of rotatable bonds is 4. The van der Waals surface area contributed by atoms with Gasteiger partial charge in [0.25, 0.3) is 0 Å². The Kier molecular flexibility index (Phi) is 4.39. The molecule has 10 heavy (non-hydrogen) atoms. The molecule has 0 saturated heterocycles. The summed E-state index contributed by atoms with van der Waals surface area (Å²) < 4.78 is 0. The largest absolute Gasteiger partial charge is 0.481 e. The van der Waals surface area contributed by atoms with Gasteiger partial charge in [-0.3, -0.25) is 4.79 Å². The zero-order valence-corrected chi connectivity index (χ0v) is 6.13. The Bertz CT molecular complexity index is 144. The average Bonchev–Trinajstić information content (AvgIpc) is 1.89. The van der Waals surface area contributed by atoms with Crippen LogP contribution in [-0.2, 0) is 4.79 Å². The molecule has 0 radical (unpaired) electrons. The molecule has 0 aromatic heterocycles. The highest BCUT2D eigenvalue weighted by molar-refractivity contribution is 5.69. The first-order chi connectivity index (χ1) is 4.72. The summed E-state index contributed by atoms with van der Waals surface area (Å²) in [5, 5.41) is 8.53. The SMILES string of the molecule is C#CCCC(CC)C(=O)O. The molecule has 2 heteroatoms. The van der Waals surface area contributed by atoms with E-state index in [2.05, 4.69) is 5.92 Å². The van der Waals surface area contributed by atoms with E-state index >= 15 is 0 Å². The van der Waals surface area contributed by atoms with Gasteiger partial charge in [0.2, 0.25) is 0 Å². The van der Waals surface area contributed by atoms with Crippen LogP contribution in [0.15, 0.2) is 0 Å². The normalized spacial score (nSPS) is 12.0. The van der Waals surface area contributed by atoms with Crippen molar-refractivity contribution >= 4 is 5.97 Å². The van der Waals surface area contributed by atoms with Crippen LogP contribution in [-0.4, -0.2) is 11.1 Å². The second-order valence-corrected chi connectivity index (χ2v) is 2.19. The van der Waals surface area contributed by atoms with E-state index in [-0.39, 0.29) is 5.92 Å². The van der Waals surface area contributed by atoms with Crippen LogP contribution in [0.2, 0.25) is 0 Å². The Morgan fingerprint density at radius 3 is 2.70 bits per heavy atom. The molecule has 1 atom stereocenters. The lowest BCUT2D eigenvalue weighted by Crippen LogP contribution is -2.11. The molecule has 0 rings (SSSR count). The summed E-state index contributed by atoms with van der Waals surface area (Å²) in [5.41, 5.74) is 0. The molecule has 0 aromatic carbocycles. The maximum atomic E-state index is 10.4. The molecule has 1 N–H and O–H groups in total. The third kappa shape index (κ3) is 3.13. The quantitative estimate of drug-likeness (QED) is 0.601.